The van der Waals surface area contributed by atoms with E-state index in [1.165, 1.54) is 11.8 Å². The van der Waals surface area contributed by atoms with Gasteiger partial charge in [-0.1, -0.05) is 0 Å². The van der Waals surface area contributed by atoms with Gasteiger partial charge in [-0.15, -0.1) is 0 Å². The number of benzene rings is 1. The van der Waals surface area contributed by atoms with E-state index in [-0.39, 0.29) is 5.56 Å². The topological polar surface area (TPSA) is 20.2 Å². The monoisotopic (exact) mass is 216 g/mol. The Morgan fingerprint density at radius 1 is 1.29 bits per heavy atom. The Kier molecular flexibility index (Phi) is 2.74. The fourth-order valence-corrected chi connectivity index (χ4v) is 2.66. The Bertz CT molecular complexity index is 354. The van der Waals surface area contributed by atoms with E-state index in [1.807, 2.05) is 0 Å². The summed E-state index contributed by atoms with van der Waals surface area (Å²) < 4.78 is 26.7. The molecule has 0 bridgehead atoms. The molecule has 1 unspecified atom stereocenters. The molecule has 4 heteroatoms. The van der Waals surface area contributed by atoms with Gasteiger partial charge in [0, 0.05) is 16.9 Å². The van der Waals surface area contributed by atoms with Crippen LogP contribution in [0.15, 0.2) is 12.1 Å². The number of hydrogen-bond acceptors (Lipinski definition) is 2. The molecule has 1 N–H and O–H groups in total. The van der Waals surface area contributed by atoms with Crippen LogP contribution in [0.5, 0.6) is 0 Å². The minimum atomic E-state index is -0.865. The molecule has 1 aliphatic rings. The number of aliphatic hydroxyl groups excluding tert-OH is 1. The molecular formula is C10H10F2OS. The first-order chi connectivity index (χ1) is 6.70. The van der Waals surface area contributed by atoms with E-state index in [2.05, 4.69) is 0 Å². The van der Waals surface area contributed by atoms with Crippen molar-refractivity contribution in [2.45, 2.75) is 18.3 Å². The highest BCUT2D eigenvalue weighted by Gasteiger charge is 2.22. The van der Waals surface area contributed by atoms with Crippen LogP contribution in [0.4, 0.5) is 8.78 Å². The number of aliphatic hydroxyl groups is 1. The number of fused-ring (bicyclic) bond motifs is 1. The van der Waals surface area contributed by atoms with Gasteiger partial charge >= 0.3 is 0 Å². The lowest BCUT2D eigenvalue weighted by Crippen LogP contribution is -2.05. The molecule has 0 saturated carbocycles. The number of hydrogen-bond donors (Lipinski definition) is 1. The van der Waals surface area contributed by atoms with Crippen LogP contribution in [-0.4, -0.2) is 10.9 Å². The third-order valence-corrected chi connectivity index (χ3v) is 3.38. The van der Waals surface area contributed by atoms with Crippen molar-refractivity contribution in [3.05, 3.63) is 34.9 Å². The molecule has 2 rings (SSSR count). The van der Waals surface area contributed by atoms with Gasteiger partial charge in [0.15, 0.2) is 0 Å². The van der Waals surface area contributed by atoms with Crippen molar-refractivity contribution in [1.29, 1.82) is 0 Å². The highest BCUT2D eigenvalue weighted by atomic mass is 32.2. The summed E-state index contributed by atoms with van der Waals surface area (Å²) in [6.45, 7) is 0. The number of halogens is 2. The summed E-state index contributed by atoms with van der Waals surface area (Å²) in [6, 6.07) is 2.19. The van der Waals surface area contributed by atoms with Crippen molar-refractivity contribution < 1.29 is 13.9 Å². The molecule has 14 heavy (non-hydrogen) atoms. The van der Waals surface area contributed by atoms with E-state index in [9.17, 15) is 13.9 Å². The maximum Gasteiger partial charge on any atom is 0.129 e. The lowest BCUT2D eigenvalue weighted by Gasteiger charge is -2.12. The highest BCUT2D eigenvalue weighted by molar-refractivity contribution is 7.98. The second kappa shape index (κ2) is 3.87. The van der Waals surface area contributed by atoms with Gasteiger partial charge < -0.3 is 5.11 Å². The van der Waals surface area contributed by atoms with E-state index < -0.39 is 17.7 Å². The third-order valence-electron chi connectivity index (χ3n) is 2.36. The predicted octanol–water partition coefficient (Wildman–Crippen LogP) is 2.64. The van der Waals surface area contributed by atoms with Gasteiger partial charge in [-0.3, -0.25) is 0 Å². The number of rotatable bonds is 0. The summed E-state index contributed by atoms with van der Waals surface area (Å²) >= 11 is 1.52. The summed E-state index contributed by atoms with van der Waals surface area (Å²) in [7, 11) is 0. The van der Waals surface area contributed by atoms with E-state index in [0.717, 1.165) is 17.9 Å². The predicted molar refractivity (Wildman–Crippen MR) is 52.1 cm³/mol. The zero-order chi connectivity index (χ0) is 10.1. The first-order valence-corrected chi connectivity index (χ1v) is 5.58. The Morgan fingerprint density at radius 2 is 2.00 bits per heavy atom. The van der Waals surface area contributed by atoms with Gasteiger partial charge in [0.2, 0.25) is 0 Å². The molecule has 0 saturated heterocycles. The largest absolute Gasteiger partial charge is 0.388 e. The molecule has 0 aliphatic carbocycles. The average Bonchev–Trinajstić information content (AvgIpc) is 2.35. The summed E-state index contributed by atoms with van der Waals surface area (Å²) in [5, 5.41) is 9.63. The van der Waals surface area contributed by atoms with Gasteiger partial charge in [0.05, 0.1) is 6.10 Å². The maximum atomic E-state index is 13.3. The van der Waals surface area contributed by atoms with Crippen LogP contribution < -0.4 is 0 Å². The molecule has 1 nitrogen and oxygen atoms in total. The smallest absolute Gasteiger partial charge is 0.129 e. The second-order valence-electron chi connectivity index (χ2n) is 3.28. The van der Waals surface area contributed by atoms with E-state index in [4.69, 9.17) is 0 Å². The molecule has 1 atom stereocenters. The van der Waals surface area contributed by atoms with E-state index in [1.54, 1.807) is 0 Å². The molecule has 0 spiro atoms. The zero-order valence-corrected chi connectivity index (χ0v) is 8.28. The molecule has 1 aromatic rings. The van der Waals surface area contributed by atoms with Gasteiger partial charge in [0.1, 0.15) is 11.6 Å². The Hall–Kier alpha value is -0.610. The van der Waals surface area contributed by atoms with E-state index in [0.29, 0.717) is 17.7 Å². The molecule has 0 fully saturated rings. The Balaban J connectivity index is 2.57. The minimum absolute atomic E-state index is 0.148. The Morgan fingerprint density at radius 3 is 2.79 bits per heavy atom. The summed E-state index contributed by atoms with van der Waals surface area (Å²) in [6.07, 6.45) is -0.381. The SMILES string of the molecule is OC1CCSCc2c(F)ccc(F)c21. The molecule has 1 aliphatic heterocycles. The summed E-state index contributed by atoms with van der Waals surface area (Å²) in [5.41, 5.74) is 0.468. The van der Waals surface area contributed by atoms with Crippen molar-refractivity contribution in [3.63, 3.8) is 0 Å². The van der Waals surface area contributed by atoms with Crippen LogP contribution in [0, 0.1) is 11.6 Å². The molecule has 0 aromatic heterocycles. The molecule has 0 amide bonds. The maximum absolute atomic E-state index is 13.3. The van der Waals surface area contributed by atoms with Crippen LogP contribution in [0.25, 0.3) is 0 Å². The van der Waals surface area contributed by atoms with Crippen LogP contribution >= 0.6 is 11.8 Å². The lowest BCUT2D eigenvalue weighted by molar-refractivity contribution is 0.169. The van der Waals surface area contributed by atoms with Crippen molar-refractivity contribution in [2.75, 3.05) is 5.75 Å². The Labute approximate surface area is 85.1 Å². The van der Waals surface area contributed by atoms with Crippen LogP contribution in [0.3, 0.4) is 0 Å². The highest BCUT2D eigenvalue weighted by Crippen LogP contribution is 2.33. The number of thioether (sulfide) groups is 1. The summed E-state index contributed by atoms with van der Waals surface area (Å²) in [4.78, 5) is 0. The van der Waals surface area contributed by atoms with Crippen LogP contribution in [0.1, 0.15) is 23.7 Å². The fourth-order valence-electron chi connectivity index (χ4n) is 1.63. The molecule has 0 radical (unpaired) electrons. The van der Waals surface area contributed by atoms with Gasteiger partial charge in [-0.05, 0) is 24.3 Å². The molecular weight excluding hydrogens is 206 g/mol. The van der Waals surface area contributed by atoms with Gasteiger partial charge in [0.25, 0.3) is 0 Å². The summed E-state index contributed by atoms with van der Waals surface area (Å²) in [5.74, 6) is 0.247. The normalized spacial score (nSPS) is 21.5. The van der Waals surface area contributed by atoms with Crippen molar-refractivity contribution in [3.8, 4) is 0 Å². The molecule has 1 aromatic carbocycles. The molecule has 1 heterocycles. The first kappa shape index (κ1) is 9.93. The average molecular weight is 216 g/mol. The first-order valence-electron chi connectivity index (χ1n) is 4.42. The second-order valence-corrected chi connectivity index (χ2v) is 4.38. The van der Waals surface area contributed by atoms with Gasteiger partial charge in [-0.2, -0.15) is 11.8 Å². The standard InChI is InChI=1S/C10H10F2OS/c11-7-1-2-8(12)10-6(7)5-14-4-3-9(10)13/h1-2,9,13H,3-5H2. The fraction of sp³-hybridized carbons (Fsp3) is 0.400. The third kappa shape index (κ3) is 1.64. The van der Waals surface area contributed by atoms with Crippen LogP contribution in [0.2, 0.25) is 0 Å². The minimum Gasteiger partial charge on any atom is -0.388 e. The van der Waals surface area contributed by atoms with Gasteiger partial charge in [-0.25, -0.2) is 8.78 Å². The zero-order valence-electron chi connectivity index (χ0n) is 7.46. The van der Waals surface area contributed by atoms with Crippen molar-refractivity contribution in [2.24, 2.45) is 0 Å². The van der Waals surface area contributed by atoms with Crippen molar-refractivity contribution >= 4 is 11.8 Å². The van der Waals surface area contributed by atoms with Crippen molar-refractivity contribution in [1.82, 2.24) is 0 Å². The lowest BCUT2D eigenvalue weighted by atomic mass is 10.0. The van der Waals surface area contributed by atoms with Crippen LogP contribution in [-0.2, 0) is 5.75 Å². The molecule has 76 valence electrons. The quantitative estimate of drug-likeness (QED) is 0.719. The van der Waals surface area contributed by atoms with E-state index >= 15 is 0 Å².